The minimum absolute atomic E-state index is 0.137. The summed E-state index contributed by atoms with van der Waals surface area (Å²) in [6.07, 6.45) is 0.765. The van der Waals surface area contributed by atoms with Crippen molar-refractivity contribution in [2.24, 2.45) is 7.05 Å². The molecular weight excluding hydrogens is 412 g/mol. The highest BCUT2D eigenvalue weighted by Crippen LogP contribution is 2.27. The third kappa shape index (κ3) is 4.74. The maximum atomic E-state index is 13.1. The van der Waals surface area contributed by atoms with E-state index in [0.717, 1.165) is 23.4 Å². The second kappa shape index (κ2) is 9.70. The third-order valence-corrected chi connectivity index (χ3v) is 5.73. The van der Waals surface area contributed by atoms with E-state index in [-0.39, 0.29) is 5.56 Å². The number of benzene rings is 2. The molecule has 0 spiro atoms. The predicted octanol–water partition coefficient (Wildman–Crippen LogP) is 3.37. The lowest BCUT2D eigenvalue weighted by Gasteiger charge is -2.21. The molecule has 0 aliphatic carbocycles. The molecule has 3 rings (SSSR count). The lowest BCUT2D eigenvalue weighted by molar-refractivity contribution is 0.354. The Bertz CT molecular complexity index is 1120. The smallest absolute Gasteiger partial charge is 0.295 e. The third-order valence-electron chi connectivity index (χ3n) is 5.32. The number of nitrogens with zero attached hydrogens (tertiary/aromatic N) is 3. The normalized spacial score (nSPS) is 10.6. The molecule has 0 fully saturated rings. The molecule has 7 nitrogen and oxygen atoms in total. The van der Waals surface area contributed by atoms with E-state index in [1.165, 1.54) is 0 Å². The summed E-state index contributed by atoms with van der Waals surface area (Å²) in [5.74, 6) is 1.40. The summed E-state index contributed by atoms with van der Waals surface area (Å²) in [5.41, 5.74) is 3.06. The zero-order valence-electron chi connectivity index (χ0n) is 18.5. The molecule has 0 aliphatic rings. The van der Waals surface area contributed by atoms with Crippen LogP contribution in [-0.4, -0.2) is 47.2 Å². The molecule has 1 aromatic heterocycles. The van der Waals surface area contributed by atoms with Crippen LogP contribution in [0.1, 0.15) is 11.3 Å². The maximum absolute atomic E-state index is 13.1. The Morgan fingerprint density at radius 3 is 2.42 bits per heavy atom. The van der Waals surface area contributed by atoms with Gasteiger partial charge in [-0.3, -0.25) is 9.48 Å². The molecule has 8 heteroatoms. The second-order valence-electron chi connectivity index (χ2n) is 7.23. The Labute approximate surface area is 187 Å². The van der Waals surface area contributed by atoms with Crippen LogP contribution in [0.15, 0.2) is 53.3 Å². The topological polar surface area (TPSA) is 60.7 Å². The van der Waals surface area contributed by atoms with Crippen LogP contribution in [0.2, 0.25) is 0 Å². The van der Waals surface area contributed by atoms with Crippen molar-refractivity contribution in [1.82, 2.24) is 14.3 Å². The molecule has 164 valence electrons. The number of rotatable bonds is 7. The first-order valence-electron chi connectivity index (χ1n) is 9.94. The van der Waals surface area contributed by atoms with Crippen LogP contribution < -0.4 is 20.3 Å². The number of anilines is 1. The van der Waals surface area contributed by atoms with Gasteiger partial charge in [0.2, 0.25) is 0 Å². The molecule has 0 saturated carbocycles. The van der Waals surface area contributed by atoms with Gasteiger partial charge in [0.15, 0.2) is 16.6 Å². The molecule has 1 N–H and O–H groups in total. The van der Waals surface area contributed by atoms with Gasteiger partial charge >= 0.3 is 0 Å². The Morgan fingerprint density at radius 2 is 1.77 bits per heavy atom. The molecular formula is C23H28N4O3S. The number of aromatic nitrogens is 2. The first-order valence-corrected chi connectivity index (χ1v) is 10.3. The van der Waals surface area contributed by atoms with Crippen molar-refractivity contribution in [1.29, 1.82) is 0 Å². The second-order valence-corrected chi connectivity index (χ2v) is 7.61. The Balaban J connectivity index is 1.71. The van der Waals surface area contributed by atoms with Crippen LogP contribution in [0.25, 0.3) is 5.69 Å². The van der Waals surface area contributed by atoms with Gasteiger partial charge in [0.05, 0.1) is 25.6 Å². The molecule has 2 aromatic carbocycles. The zero-order valence-corrected chi connectivity index (χ0v) is 19.3. The first-order chi connectivity index (χ1) is 14.9. The van der Waals surface area contributed by atoms with Gasteiger partial charge in [0, 0.05) is 20.6 Å². The highest BCUT2D eigenvalue weighted by molar-refractivity contribution is 7.80. The van der Waals surface area contributed by atoms with E-state index in [1.54, 1.807) is 18.9 Å². The quantitative estimate of drug-likeness (QED) is 0.569. The van der Waals surface area contributed by atoms with Crippen molar-refractivity contribution in [3.05, 3.63) is 70.1 Å². The summed E-state index contributed by atoms with van der Waals surface area (Å²) >= 11 is 5.56. The van der Waals surface area contributed by atoms with Crippen LogP contribution in [0, 0.1) is 6.92 Å². The van der Waals surface area contributed by atoms with E-state index in [2.05, 4.69) is 5.32 Å². The standard InChI is InChI=1S/C23H28N4O3S/c1-16-21(22(28)27(26(16)3)18-9-7-6-8-10-18)24-23(31)25(2)14-13-17-11-12-19(29-4)20(15-17)30-5/h6-12,15H,13-14H2,1-5H3,(H,24,31). The van der Waals surface area contributed by atoms with E-state index < -0.39 is 0 Å². The van der Waals surface area contributed by atoms with Crippen molar-refractivity contribution in [3.8, 4) is 17.2 Å². The number of ether oxygens (including phenoxy) is 2. The average Bonchev–Trinajstić information content (AvgIpc) is 3.00. The van der Waals surface area contributed by atoms with Gasteiger partial charge in [-0.2, -0.15) is 0 Å². The molecule has 0 atom stereocenters. The fraction of sp³-hybridized carbons (Fsp3) is 0.304. The largest absolute Gasteiger partial charge is 0.493 e. The van der Waals surface area contributed by atoms with Crippen molar-refractivity contribution in [3.63, 3.8) is 0 Å². The van der Waals surface area contributed by atoms with Gasteiger partial charge in [-0.15, -0.1) is 0 Å². The predicted molar refractivity (Wildman–Crippen MR) is 128 cm³/mol. The number of thiocarbonyl (C=S) groups is 1. The van der Waals surface area contributed by atoms with E-state index in [9.17, 15) is 4.79 Å². The lowest BCUT2D eigenvalue weighted by atomic mass is 10.1. The number of para-hydroxylation sites is 1. The van der Waals surface area contributed by atoms with Crippen molar-refractivity contribution in [2.45, 2.75) is 13.3 Å². The van der Waals surface area contributed by atoms with Crippen molar-refractivity contribution >= 4 is 23.0 Å². The van der Waals surface area contributed by atoms with E-state index in [0.29, 0.717) is 28.8 Å². The molecule has 3 aromatic rings. The van der Waals surface area contributed by atoms with Crippen LogP contribution in [-0.2, 0) is 13.5 Å². The van der Waals surface area contributed by atoms with E-state index in [4.69, 9.17) is 21.7 Å². The molecule has 0 saturated heterocycles. The van der Waals surface area contributed by atoms with Crippen molar-refractivity contribution < 1.29 is 9.47 Å². The highest BCUT2D eigenvalue weighted by Gasteiger charge is 2.18. The molecule has 0 bridgehead atoms. The molecule has 0 radical (unpaired) electrons. The lowest BCUT2D eigenvalue weighted by Crippen LogP contribution is -2.34. The number of likely N-dealkylation sites (N-methyl/N-ethyl adjacent to an activating group) is 1. The minimum atomic E-state index is -0.137. The summed E-state index contributed by atoms with van der Waals surface area (Å²) in [6, 6.07) is 15.4. The van der Waals surface area contributed by atoms with E-state index in [1.807, 2.05) is 79.1 Å². The van der Waals surface area contributed by atoms with Crippen molar-refractivity contribution in [2.75, 3.05) is 33.1 Å². The molecule has 31 heavy (non-hydrogen) atoms. The van der Waals surface area contributed by atoms with Gasteiger partial charge in [-0.25, -0.2) is 4.68 Å². The number of nitrogens with one attached hydrogen (secondary N) is 1. The Kier molecular flexibility index (Phi) is 7.02. The minimum Gasteiger partial charge on any atom is -0.493 e. The summed E-state index contributed by atoms with van der Waals surface area (Å²) in [7, 11) is 7.01. The van der Waals surface area contributed by atoms with Crippen LogP contribution in [0.5, 0.6) is 11.5 Å². The summed E-state index contributed by atoms with van der Waals surface area (Å²) in [4.78, 5) is 15.0. The van der Waals surface area contributed by atoms with Gasteiger partial charge in [0.25, 0.3) is 5.56 Å². The number of methoxy groups -OCH3 is 2. The van der Waals surface area contributed by atoms with Gasteiger partial charge < -0.3 is 19.7 Å². The Hall–Kier alpha value is -3.26. The van der Waals surface area contributed by atoms with Crippen LogP contribution in [0.3, 0.4) is 0 Å². The monoisotopic (exact) mass is 440 g/mol. The summed E-state index contributed by atoms with van der Waals surface area (Å²) in [6.45, 7) is 2.58. The molecule has 0 amide bonds. The van der Waals surface area contributed by atoms with Gasteiger partial charge in [-0.05, 0) is 55.4 Å². The summed E-state index contributed by atoms with van der Waals surface area (Å²) in [5, 5.41) is 3.64. The average molecular weight is 441 g/mol. The number of hydrogen-bond acceptors (Lipinski definition) is 4. The SMILES string of the molecule is COc1ccc(CCN(C)C(=S)Nc2c(C)n(C)n(-c3ccccc3)c2=O)cc1OC. The highest BCUT2D eigenvalue weighted by atomic mass is 32.1. The van der Waals surface area contributed by atoms with Gasteiger partial charge in [0.1, 0.15) is 5.69 Å². The fourth-order valence-electron chi connectivity index (χ4n) is 3.35. The summed E-state index contributed by atoms with van der Waals surface area (Å²) < 4.78 is 14.1. The maximum Gasteiger partial charge on any atom is 0.295 e. The van der Waals surface area contributed by atoms with E-state index >= 15 is 0 Å². The number of hydrogen-bond donors (Lipinski definition) is 1. The Morgan fingerprint density at radius 1 is 1.10 bits per heavy atom. The first kappa shape index (κ1) is 22.4. The molecule has 0 aliphatic heterocycles. The van der Waals surface area contributed by atoms with Gasteiger partial charge in [-0.1, -0.05) is 24.3 Å². The van der Waals surface area contributed by atoms with Crippen LogP contribution >= 0.6 is 12.2 Å². The fourth-order valence-corrected chi connectivity index (χ4v) is 3.54. The van der Waals surface area contributed by atoms with Crippen LogP contribution in [0.4, 0.5) is 5.69 Å². The zero-order chi connectivity index (χ0) is 22.5. The molecule has 0 unspecified atom stereocenters. The molecule has 1 heterocycles.